The minimum atomic E-state index is 0.462. The maximum Gasteiger partial charge on any atom is 0.132 e. The first-order valence-electron chi connectivity index (χ1n) is 10.8. The van der Waals surface area contributed by atoms with E-state index < -0.39 is 0 Å². The summed E-state index contributed by atoms with van der Waals surface area (Å²) in [5.41, 5.74) is 3.53. The molecule has 0 radical (unpaired) electrons. The van der Waals surface area contributed by atoms with Crippen molar-refractivity contribution in [3.8, 4) is 11.5 Å². The van der Waals surface area contributed by atoms with Gasteiger partial charge >= 0.3 is 0 Å². The lowest BCUT2D eigenvalue weighted by atomic mass is 10.0. The number of nitrogens with zero attached hydrogens (tertiary/aromatic N) is 4. The zero-order valence-electron chi connectivity index (χ0n) is 18.5. The number of aromatic nitrogens is 3. The molecule has 1 saturated heterocycles. The van der Waals surface area contributed by atoms with E-state index >= 15 is 0 Å². The molecule has 0 unspecified atom stereocenters. The molecule has 164 valence electrons. The number of anilines is 1. The normalized spacial score (nSPS) is 16.4. The molecule has 1 aromatic carbocycles. The van der Waals surface area contributed by atoms with Crippen molar-refractivity contribution < 1.29 is 9.47 Å². The maximum atomic E-state index is 5.86. The number of pyridine rings is 1. The monoisotopic (exact) mass is 421 g/mol. The van der Waals surface area contributed by atoms with E-state index in [1.807, 2.05) is 50.6 Å². The van der Waals surface area contributed by atoms with Crippen molar-refractivity contribution in [1.29, 1.82) is 0 Å². The summed E-state index contributed by atoms with van der Waals surface area (Å²) in [7, 11) is 5.75. The molecule has 1 fully saturated rings. The molecule has 31 heavy (non-hydrogen) atoms. The van der Waals surface area contributed by atoms with Gasteiger partial charge in [0.2, 0.25) is 0 Å². The average molecular weight is 422 g/mol. The van der Waals surface area contributed by atoms with Gasteiger partial charge in [-0.15, -0.1) is 0 Å². The summed E-state index contributed by atoms with van der Waals surface area (Å²) < 4.78 is 11.1. The number of aromatic amines is 1. The molecule has 7 nitrogen and oxygen atoms in total. The van der Waals surface area contributed by atoms with E-state index in [2.05, 4.69) is 37.1 Å². The summed E-state index contributed by atoms with van der Waals surface area (Å²) in [5.74, 6) is 3.13. The summed E-state index contributed by atoms with van der Waals surface area (Å²) in [6.07, 6.45) is 3.78. The Morgan fingerprint density at radius 3 is 2.87 bits per heavy atom. The van der Waals surface area contributed by atoms with Crippen molar-refractivity contribution in [2.75, 3.05) is 45.8 Å². The highest BCUT2D eigenvalue weighted by atomic mass is 16.5. The Labute approximate surface area is 184 Å². The maximum absolute atomic E-state index is 5.86. The number of H-pyrrole nitrogens is 1. The van der Waals surface area contributed by atoms with Crippen molar-refractivity contribution >= 4 is 5.82 Å². The lowest BCUT2D eigenvalue weighted by Gasteiger charge is -2.20. The highest BCUT2D eigenvalue weighted by Crippen LogP contribution is 2.28. The average Bonchev–Trinajstić information content (AvgIpc) is 3.44. The first kappa shape index (κ1) is 21.2. The van der Waals surface area contributed by atoms with Gasteiger partial charge in [0.05, 0.1) is 19.4 Å². The largest absolute Gasteiger partial charge is 0.497 e. The zero-order valence-corrected chi connectivity index (χ0v) is 18.5. The highest BCUT2D eigenvalue weighted by Gasteiger charge is 2.26. The number of methoxy groups -OCH3 is 1. The van der Waals surface area contributed by atoms with Crippen LogP contribution in [0, 0.1) is 0 Å². The van der Waals surface area contributed by atoms with Crippen LogP contribution in [0.15, 0.2) is 48.7 Å². The first-order chi connectivity index (χ1) is 15.1. The number of hydrogen-bond acceptors (Lipinski definition) is 6. The Morgan fingerprint density at radius 1 is 1.16 bits per heavy atom. The van der Waals surface area contributed by atoms with Crippen LogP contribution >= 0.6 is 0 Å². The zero-order chi connectivity index (χ0) is 21.6. The lowest BCUT2D eigenvalue weighted by molar-refractivity contribution is 0.317. The summed E-state index contributed by atoms with van der Waals surface area (Å²) in [4.78, 5) is 9.10. The Hall–Kier alpha value is -3.06. The number of nitrogens with one attached hydrogen (secondary N) is 1. The van der Waals surface area contributed by atoms with Crippen molar-refractivity contribution in [2.45, 2.75) is 25.3 Å². The van der Waals surface area contributed by atoms with Gasteiger partial charge in [-0.25, -0.2) is 4.98 Å². The van der Waals surface area contributed by atoms with Gasteiger partial charge in [-0.2, -0.15) is 5.10 Å². The molecule has 1 N–H and O–H groups in total. The molecule has 0 aliphatic carbocycles. The Balaban J connectivity index is 1.29. The molecule has 1 atom stereocenters. The molecule has 0 spiro atoms. The molecule has 3 heterocycles. The van der Waals surface area contributed by atoms with Crippen LogP contribution < -0.4 is 14.4 Å². The quantitative estimate of drug-likeness (QED) is 0.571. The molecule has 1 aliphatic heterocycles. The van der Waals surface area contributed by atoms with Crippen LogP contribution in [-0.4, -0.2) is 61.0 Å². The Morgan fingerprint density at radius 2 is 2.03 bits per heavy atom. The lowest BCUT2D eigenvalue weighted by Crippen LogP contribution is -2.22. The van der Waals surface area contributed by atoms with E-state index in [1.165, 1.54) is 5.56 Å². The molecule has 0 bridgehead atoms. The van der Waals surface area contributed by atoms with Crippen LogP contribution in [0.25, 0.3) is 0 Å². The number of likely N-dealkylation sites (tertiary alicyclic amines) is 1. The predicted octanol–water partition coefficient (Wildman–Crippen LogP) is 3.49. The van der Waals surface area contributed by atoms with Gasteiger partial charge in [0.1, 0.15) is 17.3 Å². The molecular formula is C24H31N5O2. The third kappa shape index (κ3) is 5.35. The predicted molar refractivity (Wildman–Crippen MR) is 122 cm³/mol. The van der Waals surface area contributed by atoms with Crippen LogP contribution in [0.3, 0.4) is 0 Å². The Bertz CT molecular complexity index is 987. The van der Waals surface area contributed by atoms with E-state index in [1.54, 1.807) is 7.11 Å². The van der Waals surface area contributed by atoms with Gasteiger partial charge in [-0.1, -0.05) is 12.1 Å². The van der Waals surface area contributed by atoms with E-state index in [4.69, 9.17) is 9.47 Å². The van der Waals surface area contributed by atoms with Crippen molar-refractivity contribution in [1.82, 2.24) is 20.1 Å². The van der Waals surface area contributed by atoms with Crippen molar-refractivity contribution in [2.24, 2.45) is 0 Å². The summed E-state index contributed by atoms with van der Waals surface area (Å²) in [6, 6.07) is 14.1. The number of benzene rings is 1. The fourth-order valence-electron chi connectivity index (χ4n) is 4.10. The first-order valence-corrected chi connectivity index (χ1v) is 10.8. The standard InChI is InChI=1S/C24H31N5O2/c1-28(2)24-19(6-5-11-25-24)17-29-12-9-18(16-29)23-14-20(26-27-23)10-13-31-22-8-4-7-21(15-22)30-3/h4-8,11,14-15,18H,9-10,12-13,16-17H2,1-3H3,(H,26,27)/t18-/m0/s1. The van der Waals surface area contributed by atoms with Gasteiger partial charge in [0.15, 0.2) is 0 Å². The van der Waals surface area contributed by atoms with Crippen LogP contribution in [0.5, 0.6) is 11.5 Å². The minimum Gasteiger partial charge on any atom is -0.497 e. The minimum absolute atomic E-state index is 0.462. The van der Waals surface area contributed by atoms with Crippen LogP contribution in [-0.2, 0) is 13.0 Å². The molecule has 0 amide bonds. The van der Waals surface area contributed by atoms with Gasteiger partial charge in [0.25, 0.3) is 0 Å². The van der Waals surface area contributed by atoms with Gasteiger partial charge in [-0.05, 0) is 37.2 Å². The van der Waals surface area contributed by atoms with Crippen molar-refractivity contribution in [3.63, 3.8) is 0 Å². The second-order valence-corrected chi connectivity index (χ2v) is 8.20. The second kappa shape index (κ2) is 9.83. The topological polar surface area (TPSA) is 66.5 Å². The van der Waals surface area contributed by atoms with E-state index in [0.29, 0.717) is 12.5 Å². The van der Waals surface area contributed by atoms with Crippen LogP contribution in [0.2, 0.25) is 0 Å². The number of ether oxygens (including phenoxy) is 2. The van der Waals surface area contributed by atoms with Crippen molar-refractivity contribution in [3.05, 3.63) is 65.6 Å². The SMILES string of the molecule is COc1cccc(OCCc2cc([C@H]3CCN(Cc4cccnc4N(C)C)C3)n[nH]2)c1. The number of hydrogen-bond donors (Lipinski definition) is 1. The van der Waals surface area contributed by atoms with Gasteiger partial charge < -0.3 is 14.4 Å². The number of rotatable bonds is 9. The Kier molecular flexibility index (Phi) is 6.72. The van der Waals surface area contributed by atoms with E-state index in [9.17, 15) is 0 Å². The van der Waals surface area contributed by atoms with E-state index in [-0.39, 0.29) is 0 Å². The third-order valence-corrected chi connectivity index (χ3v) is 5.71. The summed E-state index contributed by atoms with van der Waals surface area (Å²) in [6.45, 7) is 3.61. The van der Waals surface area contributed by atoms with Gasteiger partial charge in [0, 0.05) is 63.0 Å². The van der Waals surface area contributed by atoms with E-state index in [0.717, 1.165) is 61.2 Å². The fourth-order valence-corrected chi connectivity index (χ4v) is 4.10. The fraction of sp³-hybridized carbons (Fsp3) is 0.417. The molecule has 0 saturated carbocycles. The molecule has 1 aliphatic rings. The summed E-state index contributed by atoms with van der Waals surface area (Å²) >= 11 is 0. The smallest absolute Gasteiger partial charge is 0.132 e. The molecule has 4 rings (SSSR count). The second-order valence-electron chi connectivity index (χ2n) is 8.20. The molecule has 3 aromatic rings. The van der Waals surface area contributed by atoms with Crippen LogP contribution in [0.4, 0.5) is 5.82 Å². The molecular weight excluding hydrogens is 390 g/mol. The van der Waals surface area contributed by atoms with Gasteiger partial charge in [-0.3, -0.25) is 10.00 Å². The summed E-state index contributed by atoms with van der Waals surface area (Å²) in [5, 5.41) is 7.78. The van der Waals surface area contributed by atoms with Crippen LogP contribution in [0.1, 0.15) is 29.3 Å². The molecule has 2 aromatic heterocycles. The third-order valence-electron chi connectivity index (χ3n) is 5.71. The highest BCUT2D eigenvalue weighted by molar-refractivity contribution is 5.45. The molecule has 7 heteroatoms.